The maximum Gasteiger partial charge on any atom is 0.150 e. The molecule has 8 heteroatoms. The summed E-state index contributed by atoms with van der Waals surface area (Å²) in [7, 11) is -1.11. The lowest BCUT2D eigenvalue weighted by Crippen LogP contribution is -2.56. The number of benzene rings is 1. The van der Waals surface area contributed by atoms with E-state index in [1.165, 1.54) is 17.5 Å². The van der Waals surface area contributed by atoms with Gasteiger partial charge in [-0.3, -0.25) is 9.58 Å². The number of aromatic nitrogens is 2. The fourth-order valence-corrected chi connectivity index (χ4v) is 6.09. The van der Waals surface area contributed by atoms with Gasteiger partial charge in [0.25, 0.3) is 0 Å². The van der Waals surface area contributed by atoms with Crippen LogP contribution in [-0.2, 0) is 28.0 Å². The molecule has 2 heterocycles. The van der Waals surface area contributed by atoms with Gasteiger partial charge >= 0.3 is 0 Å². The van der Waals surface area contributed by atoms with Crippen LogP contribution in [0, 0.1) is 0 Å². The molecule has 2 fully saturated rings. The molecule has 0 radical (unpaired) electrons. The minimum absolute atomic E-state index is 0.0838. The van der Waals surface area contributed by atoms with E-state index in [1.807, 2.05) is 30.1 Å². The molecule has 1 saturated carbocycles. The van der Waals surface area contributed by atoms with Crippen LogP contribution in [0.15, 0.2) is 36.5 Å². The third-order valence-electron chi connectivity index (χ3n) is 6.60. The summed E-state index contributed by atoms with van der Waals surface area (Å²) < 4.78 is 31.6. The Balaban J connectivity index is 1.45. The van der Waals surface area contributed by atoms with Crippen molar-refractivity contribution in [3.05, 3.63) is 52.8 Å². The van der Waals surface area contributed by atoms with Gasteiger partial charge in [-0.05, 0) is 55.9 Å². The summed E-state index contributed by atoms with van der Waals surface area (Å²) in [4.78, 5) is 2.53. The summed E-state index contributed by atoms with van der Waals surface area (Å²) >= 11 is 6.05. The molecular formula is C23H32ClN3O3S. The average Bonchev–Trinajstić information content (AvgIpc) is 3.16. The van der Waals surface area contributed by atoms with E-state index in [9.17, 15) is 8.42 Å². The second kappa shape index (κ2) is 9.61. The molecule has 170 valence electrons. The normalized spacial score (nSPS) is 28.0. The minimum atomic E-state index is -3.08. The van der Waals surface area contributed by atoms with Gasteiger partial charge in [0.1, 0.15) is 9.84 Å². The average molecular weight is 466 g/mol. The number of sulfone groups is 1. The van der Waals surface area contributed by atoms with E-state index in [4.69, 9.17) is 16.3 Å². The second-order valence-corrected chi connectivity index (χ2v) is 11.8. The van der Waals surface area contributed by atoms with Crippen LogP contribution in [0.5, 0.6) is 0 Å². The molecule has 0 spiro atoms. The summed E-state index contributed by atoms with van der Waals surface area (Å²) in [6, 6.07) is 10.8. The molecule has 2 aliphatic rings. The third-order valence-corrected chi connectivity index (χ3v) is 7.83. The molecule has 1 aromatic heterocycles. The number of ether oxygens (including phenoxy) is 1. The summed E-state index contributed by atoms with van der Waals surface area (Å²) in [6.07, 6.45) is 8.36. The standard InChI is InChI=1S/C23H32ClN3O3S/c1-26-12-11-23(25-26)18-5-9-20(10-6-18)27-14-22(16-31(2,28)29)30-15-21(27)13-17-3-7-19(24)8-4-17/h3-4,7-8,11-12,18,20-22H,5-6,9-10,13-16H2,1-2H3/t18?,20?,21-,22+/m0/s1. The van der Waals surface area contributed by atoms with Gasteiger partial charge in [-0.25, -0.2) is 8.42 Å². The Hall–Kier alpha value is -1.41. The van der Waals surface area contributed by atoms with E-state index in [-0.39, 0.29) is 17.9 Å². The van der Waals surface area contributed by atoms with E-state index in [1.54, 1.807) is 0 Å². The van der Waals surface area contributed by atoms with Gasteiger partial charge in [0.15, 0.2) is 0 Å². The maximum atomic E-state index is 11.9. The molecule has 1 saturated heterocycles. The number of morpholine rings is 1. The van der Waals surface area contributed by atoms with Crippen LogP contribution in [0.1, 0.15) is 42.9 Å². The number of hydrogen-bond acceptors (Lipinski definition) is 5. The highest BCUT2D eigenvalue weighted by Gasteiger charge is 2.37. The highest BCUT2D eigenvalue weighted by atomic mass is 35.5. The second-order valence-electron chi connectivity index (χ2n) is 9.15. The van der Waals surface area contributed by atoms with Crippen molar-refractivity contribution in [2.45, 2.75) is 56.2 Å². The van der Waals surface area contributed by atoms with Crippen LogP contribution in [0.2, 0.25) is 5.02 Å². The Bertz CT molecular complexity index is 968. The Kier molecular flexibility index (Phi) is 7.06. The van der Waals surface area contributed by atoms with Gasteiger partial charge in [0.2, 0.25) is 0 Å². The molecule has 31 heavy (non-hydrogen) atoms. The number of halogens is 1. The zero-order chi connectivity index (χ0) is 22.0. The Morgan fingerprint density at radius 3 is 2.45 bits per heavy atom. The largest absolute Gasteiger partial charge is 0.374 e. The molecule has 1 aromatic carbocycles. The lowest BCUT2D eigenvalue weighted by molar-refractivity contribution is -0.0755. The first-order valence-corrected chi connectivity index (χ1v) is 13.5. The molecular weight excluding hydrogens is 434 g/mol. The first kappa shape index (κ1) is 22.8. The number of aryl methyl sites for hydroxylation is 1. The van der Waals surface area contributed by atoms with Gasteiger partial charge in [-0.15, -0.1) is 0 Å². The molecule has 1 aliphatic carbocycles. The van der Waals surface area contributed by atoms with Crippen molar-refractivity contribution in [2.75, 3.05) is 25.2 Å². The van der Waals surface area contributed by atoms with Gasteiger partial charge < -0.3 is 4.74 Å². The van der Waals surface area contributed by atoms with E-state index >= 15 is 0 Å². The lowest BCUT2D eigenvalue weighted by Gasteiger charge is -2.46. The first-order chi connectivity index (χ1) is 14.8. The topological polar surface area (TPSA) is 64.4 Å². The van der Waals surface area contributed by atoms with E-state index in [2.05, 4.69) is 28.2 Å². The third kappa shape index (κ3) is 6.09. The summed E-state index contributed by atoms with van der Waals surface area (Å²) in [5.74, 6) is 0.598. The number of rotatable bonds is 6. The van der Waals surface area contributed by atoms with E-state index in [0.717, 1.165) is 37.1 Å². The molecule has 0 amide bonds. The molecule has 2 aromatic rings. The fraction of sp³-hybridized carbons (Fsp3) is 0.609. The van der Waals surface area contributed by atoms with Gasteiger partial charge in [-0.2, -0.15) is 5.10 Å². The van der Waals surface area contributed by atoms with Crippen LogP contribution in [0.3, 0.4) is 0 Å². The maximum absolute atomic E-state index is 11.9. The minimum Gasteiger partial charge on any atom is -0.374 e. The molecule has 4 rings (SSSR count). The van der Waals surface area contributed by atoms with Crippen LogP contribution in [0.25, 0.3) is 0 Å². The van der Waals surface area contributed by atoms with E-state index < -0.39 is 9.84 Å². The molecule has 0 bridgehead atoms. The predicted molar refractivity (Wildman–Crippen MR) is 123 cm³/mol. The molecule has 6 nitrogen and oxygen atoms in total. The monoisotopic (exact) mass is 465 g/mol. The van der Waals surface area contributed by atoms with Crippen LogP contribution in [-0.4, -0.2) is 66.4 Å². The van der Waals surface area contributed by atoms with Crippen molar-refractivity contribution < 1.29 is 13.2 Å². The number of hydrogen-bond donors (Lipinski definition) is 0. The molecule has 0 N–H and O–H groups in total. The van der Waals surface area contributed by atoms with E-state index in [0.29, 0.717) is 25.1 Å². The van der Waals surface area contributed by atoms with Gasteiger partial charge in [0, 0.05) is 49.1 Å². The Labute approximate surface area is 190 Å². The van der Waals surface area contributed by atoms with Crippen molar-refractivity contribution in [1.29, 1.82) is 0 Å². The predicted octanol–water partition coefficient (Wildman–Crippen LogP) is 3.46. The summed E-state index contributed by atoms with van der Waals surface area (Å²) in [5.41, 5.74) is 2.42. The van der Waals surface area contributed by atoms with Crippen molar-refractivity contribution in [3.8, 4) is 0 Å². The first-order valence-electron chi connectivity index (χ1n) is 11.1. The smallest absolute Gasteiger partial charge is 0.150 e. The van der Waals surface area contributed by atoms with Crippen LogP contribution in [0.4, 0.5) is 0 Å². The zero-order valence-corrected chi connectivity index (χ0v) is 19.9. The quantitative estimate of drug-likeness (QED) is 0.653. The van der Waals surface area contributed by atoms with Crippen LogP contribution < -0.4 is 0 Å². The fourth-order valence-electron chi connectivity index (χ4n) is 5.09. The number of nitrogens with zero attached hydrogens (tertiary/aromatic N) is 3. The lowest BCUT2D eigenvalue weighted by atomic mass is 9.82. The van der Waals surface area contributed by atoms with Crippen molar-refractivity contribution in [1.82, 2.24) is 14.7 Å². The van der Waals surface area contributed by atoms with Gasteiger partial charge in [-0.1, -0.05) is 23.7 Å². The van der Waals surface area contributed by atoms with Crippen molar-refractivity contribution in [2.24, 2.45) is 7.05 Å². The van der Waals surface area contributed by atoms with Crippen LogP contribution >= 0.6 is 11.6 Å². The summed E-state index contributed by atoms with van der Waals surface area (Å²) in [6.45, 7) is 1.23. The molecule has 0 unspecified atom stereocenters. The highest BCUT2D eigenvalue weighted by Crippen LogP contribution is 2.36. The molecule has 2 atom stereocenters. The highest BCUT2D eigenvalue weighted by molar-refractivity contribution is 7.90. The van der Waals surface area contributed by atoms with Crippen molar-refractivity contribution >= 4 is 21.4 Å². The zero-order valence-electron chi connectivity index (χ0n) is 18.3. The SMILES string of the molecule is Cn1ccc(C2CCC(N3C[C@H](CS(C)(=O)=O)OC[C@@H]3Cc3ccc(Cl)cc3)CC2)n1. The Morgan fingerprint density at radius 1 is 1.13 bits per heavy atom. The molecule has 1 aliphatic heterocycles. The van der Waals surface area contributed by atoms with Gasteiger partial charge in [0.05, 0.1) is 24.2 Å². The summed E-state index contributed by atoms with van der Waals surface area (Å²) in [5, 5.41) is 5.35. The Morgan fingerprint density at radius 2 is 1.84 bits per heavy atom. The van der Waals surface area contributed by atoms with Crippen molar-refractivity contribution in [3.63, 3.8) is 0 Å².